The summed E-state index contributed by atoms with van der Waals surface area (Å²) in [5.74, 6) is -0.844. The largest absolute Gasteiger partial charge is 0.390 e. The van der Waals surface area contributed by atoms with E-state index < -0.39 is 16.8 Å². The molecular formula is C23H24FN7O2. The lowest BCUT2D eigenvalue weighted by Crippen LogP contribution is -2.42. The molecule has 1 saturated heterocycles. The van der Waals surface area contributed by atoms with Crippen LogP contribution in [0.4, 0.5) is 10.2 Å². The van der Waals surface area contributed by atoms with Crippen LogP contribution in [0.25, 0.3) is 16.8 Å². The summed E-state index contributed by atoms with van der Waals surface area (Å²) in [6.45, 7) is 4.01. The number of nitrogens with zero attached hydrogens (tertiary/aromatic N) is 7. The van der Waals surface area contributed by atoms with Crippen LogP contribution in [0, 0.1) is 34.4 Å². The van der Waals surface area contributed by atoms with Gasteiger partial charge in [-0.15, -0.1) is 0 Å². The minimum absolute atomic E-state index is 0.0434. The van der Waals surface area contributed by atoms with E-state index in [0.29, 0.717) is 30.6 Å². The standard InChI is InChI=1S/C23H24FN7O2/c1-13-9-29(21(32)23(13,12-25)15-3-4-15)20-19-17(24)8-27-31(19)11-18(28-20)14-7-26-30(10-14)16-5-22(2,33)6-16/h7-8,10-11,13,15-16,33H,3-6,9H2,1-2H3/t13-,16?,22?,23+/m1/s1. The van der Waals surface area contributed by atoms with Gasteiger partial charge >= 0.3 is 0 Å². The van der Waals surface area contributed by atoms with Crippen LogP contribution >= 0.6 is 0 Å². The molecule has 0 aromatic carbocycles. The summed E-state index contributed by atoms with van der Waals surface area (Å²) in [5, 5.41) is 28.6. The van der Waals surface area contributed by atoms with Crippen molar-refractivity contribution in [3.8, 4) is 17.3 Å². The van der Waals surface area contributed by atoms with Crippen molar-refractivity contribution in [2.45, 2.75) is 51.2 Å². The zero-order valence-electron chi connectivity index (χ0n) is 18.4. The second-order valence-electron chi connectivity index (χ2n) is 10.1. The fourth-order valence-electron chi connectivity index (χ4n) is 5.58. The zero-order valence-corrected chi connectivity index (χ0v) is 18.4. The van der Waals surface area contributed by atoms with Crippen molar-refractivity contribution in [2.75, 3.05) is 11.4 Å². The van der Waals surface area contributed by atoms with E-state index >= 15 is 0 Å². The number of nitriles is 1. The maximum Gasteiger partial charge on any atom is 0.249 e. The van der Waals surface area contributed by atoms with E-state index in [2.05, 4.69) is 21.3 Å². The van der Waals surface area contributed by atoms with Crippen molar-refractivity contribution < 1.29 is 14.3 Å². The second-order valence-corrected chi connectivity index (χ2v) is 10.1. The quantitative estimate of drug-likeness (QED) is 0.655. The summed E-state index contributed by atoms with van der Waals surface area (Å²) >= 11 is 0. The Kier molecular flexibility index (Phi) is 4.06. The number of anilines is 1. The third-order valence-electron chi connectivity index (χ3n) is 7.55. The molecule has 9 nitrogen and oxygen atoms in total. The van der Waals surface area contributed by atoms with Crippen molar-refractivity contribution in [3.63, 3.8) is 0 Å². The highest BCUT2D eigenvalue weighted by molar-refractivity contribution is 6.04. The molecule has 4 heterocycles. The number of carbonyl (C=O) groups excluding carboxylic acids is 1. The molecule has 3 aromatic heterocycles. The van der Waals surface area contributed by atoms with Crippen LogP contribution < -0.4 is 4.90 Å². The van der Waals surface area contributed by atoms with Crippen molar-refractivity contribution in [1.29, 1.82) is 5.26 Å². The number of fused-ring (bicyclic) bond motifs is 1. The molecule has 2 aliphatic carbocycles. The number of aromatic nitrogens is 5. The lowest BCUT2D eigenvalue weighted by atomic mass is 9.75. The fraction of sp³-hybridized carbons (Fsp3) is 0.522. The van der Waals surface area contributed by atoms with E-state index in [1.54, 1.807) is 24.0 Å². The fourth-order valence-corrected chi connectivity index (χ4v) is 5.58. The minimum atomic E-state index is -1.09. The van der Waals surface area contributed by atoms with E-state index in [1.807, 2.05) is 13.1 Å². The molecule has 3 aliphatic rings. The molecule has 1 aliphatic heterocycles. The zero-order chi connectivity index (χ0) is 23.1. The maximum atomic E-state index is 14.7. The number of hydrogen-bond donors (Lipinski definition) is 1. The SMILES string of the molecule is C[C@@H]1CN(c2nc(-c3cnn(C4CC(C)(O)C4)c3)cn3ncc(F)c23)C(=O)[C@]1(C#N)C1CC1. The van der Waals surface area contributed by atoms with Gasteiger partial charge in [0.15, 0.2) is 11.6 Å². The normalized spacial score (nSPS) is 31.7. The summed E-state index contributed by atoms with van der Waals surface area (Å²) in [6.07, 6.45) is 9.18. The lowest BCUT2D eigenvalue weighted by molar-refractivity contribution is -0.124. The Bertz CT molecular complexity index is 1330. The molecule has 2 saturated carbocycles. The average molecular weight is 449 g/mol. The minimum Gasteiger partial charge on any atom is -0.390 e. The van der Waals surface area contributed by atoms with E-state index in [1.165, 1.54) is 9.42 Å². The highest BCUT2D eigenvalue weighted by atomic mass is 19.1. The summed E-state index contributed by atoms with van der Waals surface area (Å²) < 4.78 is 17.9. The predicted octanol–water partition coefficient (Wildman–Crippen LogP) is 2.72. The maximum absolute atomic E-state index is 14.7. The monoisotopic (exact) mass is 449 g/mol. The van der Waals surface area contributed by atoms with Gasteiger partial charge < -0.3 is 5.11 Å². The average Bonchev–Trinajstić information content (AvgIpc) is 3.27. The Morgan fingerprint density at radius 3 is 2.67 bits per heavy atom. The molecule has 0 bridgehead atoms. The van der Waals surface area contributed by atoms with Crippen LogP contribution in [0.15, 0.2) is 24.8 Å². The third kappa shape index (κ3) is 2.85. The molecule has 0 radical (unpaired) electrons. The van der Waals surface area contributed by atoms with Crippen LogP contribution in [0.5, 0.6) is 0 Å². The van der Waals surface area contributed by atoms with Crippen LogP contribution in [0.3, 0.4) is 0 Å². The van der Waals surface area contributed by atoms with Gasteiger partial charge in [-0.25, -0.2) is 13.9 Å². The van der Waals surface area contributed by atoms with Gasteiger partial charge in [0.25, 0.3) is 0 Å². The first kappa shape index (κ1) is 20.3. The Balaban J connectivity index is 1.42. The smallest absolute Gasteiger partial charge is 0.249 e. The molecule has 3 fully saturated rings. The molecule has 2 atom stereocenters. The number of hydrogen-bond acceptors (Lipinski definition) is 6. The molecule has 1 amide bonds. The highest BCUT2D eigenvalue weighted by Gasteiger charge is 2.61. The van der Waals surface area contributed by atoms with E-state index in [9.17, 15) is 19.6 Å². The van der Waals surface area contributed by atoms with Gasteiger partial charge in [-0.1, -0.05) is 6.92 Å². The second kappa shape index (κ2) is 6.60. The summed E-state index contributed by atoms with van der Waals surface area (Å²) in [7, 11) is 0. The van der Waals surface area contributed by atoms with Crippen molar-refractivity contribution in [2.24, 2.45) is 17.3 Å². The van der Waals surface area contributed by atoms with Crippen molar-refractivity contribution in [3.05, 3.63) is 30.6 Å². The predicted molar refractivity (Wildman–Crippen MR) is 115 cm³/mol. The Morgan fingerprint density at radius 2 is 2.00 bits per heavy atom. The summed E-state index contributed by atoms with van der Waals surface area (Å²) in [5.41, 5.74) is -0.438. The highest BCUT2D eigenvalue weighted by Crippen LogP contribution is 2.54. The van der Waals surface area contributed by atoms with Gasteiger partial charge in [0.2, 0.25) is 5.91 Å². The Labute approximate surface area is 189 Å². The van der Waals surface area contributed by atoms with Crippen LogP contribution in [-0.4, -0.2) is 47.5 Å². The van der Waals surface area contributed by atoms with E-state index in [-0.39, 0.29) is 35.1 Å². The van der Waals surface area contributed by atoms with E-state index in [0.717, 1.165) is 19.0 Å². The van der Waals surface area contributed by atoms with Crippen molar-refractivity contribution >= 4 is 17.2 Å². The van der Waals surface area contributed by atoms with Gasteiger partial charge in [0, 0.05) is 24.2 Å². The molecule has 3 aromatic rings. The van der Waals surface area contributed by atoms with E-state index in [4.69, 9.17) is 0 Å². The number of rotatable bonds is 4. The molecule has 10 heteroatoms. The first-order valence-electron chi connectivity index (χ1n) is 11.3. The van der Waals surface area contributed by atoms with Crippen LogP contribution in [0.1, 0.15) is 45.6 Å². The number of carbonyl (C=O) groups is 1. The van der Waals surface area contributed by atoms with Crippen molar-refractivity contribution in [1.82, 2.24) is 24.4 Å². The number of aliphatic hydroxyl groups is 1. The van der Waals surface area contributed by atoms with Gasteiger partial charge in [-0.05, 0) is 38.5 Å². The van der Waals surface area contributed by atoms with Gasteiger partial charge in [0.05, 0.1) is 42.0 Å². The number of halogens is 1. The molecule has 1 N–H and O–H groups in total. The van der Waals surface area contributed by atoms with Crippen LogP contribution in [0.2, 0.25) is 0 Å². The summed E-state index contributed by atoms with van der Waals surface area (Å²) in [4.78, 5) is 19.7. The van der Waals surface area contributed by atoms with Gasteiger partial charge in [-0.3, -0.25) is 14.4 Å². The lowest BCUT2D eigenvalue weighted by Gasteiger charge is -2.40. The van der Waals surface area contributed by atoms with Gasteiger partial charge in [-0.2, -0.15) is 15.5 Å². The Hall–Kier alpha value is -3.32. The molecule has 0 spiro atoms. The topological polar surface area (TPSA) is 112 Å². The molecule has 33 heavy (non-hydrogen) atoms. The number of amides is 1. The summed E-state index contributed by atoms with van der Waals surface area (Å²) in [6, 6.07) is 2.41. The van der Waals surface area contributed by atoms with Gasteiger partial charge in [0.1, 0.15) is 10.9 Å². The molecular weight excluding hydrogens is 425 g/mol. The molecule has 0 unspecified atom stereocenters. The molecule has 170 valence electrons. The van der Waals surface area contributed by atoms with Crippen LogP contribution in [-0.2, 0) is 4.79 Å². The third-order valence-corrected chi connectivity index (χ3v) is 7.55. The first-order chi connectivity index (χ1) is 15.7. The Morgan fingerprint density at radius 1 is 1.24 bits per heavy atom. The first-order valence-corrected chi connectivity index (χ1v) is 11.3. The molecule has 6 rings (SSSR count).